The number of rotatable bonds is 3. The summed E-state index contributed by atoms with van der Waals surface area (Å²) >= 11 is 0. The van der Waals surface area contributed by atoms with E-state index in [9.17, 15) is 0 Å². The quantitative estimate of drug-likeness (QED) is 0.886. The van der Waals surface area contributed by atoms with Gasteiger partial charge in [-0.25, -0.2) is 0 Å². The molecule has 2 unspecified atom stereocenters. The lowest BCUT2D eigenvalue weighted by Crippen LogP contribution is -2.49. The Kier molecular flexibility index (Phi) is 8.52. The van der Waals surface area contributed by atoms with Gasteiger partial charge in [0.2, 0.25) is 0 Å². The van der Waals surface area contributed by atoms with Gasteiger partial charge in [0.15, 0.2) is 0 Å². The van der Waals surface area contributed by atoms with Crippen LogP contribution in [0, 0.1) is 5.92 Å². The van der Waals surface area contributed by atoms with Crippen LogP contribution in [0.2, 0.25) is 0 Å². The Bertz CT molecular complexity index is 385. The Labute approximate surface area is 139 Å². The fourth-order valence-electron chi connectivity index (χ4n) is 3.29. The second-order valence-electron chi connectivity index (χ2n) is 5.71. The van der Waals surface area contributed by atoms with E-state index in [0.717, 1.165) is 25.6 Å². The summed E-state index contributed by atoms with van der Waals surface area (Å²) in [6.07, 6.45) is 6.52. The summed E-state index contributed by atoms with van der Waals surface area (Å²) in [5.41, 5.74) is 1.39. The van der Waals surface area contributed by atoms with Gasteiger partial charge in [-0.1, -0.05) is 0 Å². The van der Waals surface area contributed by atoms with Crippen LogP contribution in [-0.4, -0.2) is 49.2 Å². The largest absolute Gasteiger partial charge is 0.316 e. The van der Waals surface area contributed by atoms with Crippen molar-refractivity contribution < 1.29 is 0 Å². The summed E-state index contributed by atoms with van der Waals surface area (Å²) in [7, 11) is 0. The minimum absolute atomic E-state index is 0. The molecule has 3 rings (SSSR count). The minimum atomic E-state index is 0. The first kappa shape index (κ1) is 18.7. The van der Waals surface area contributed by atoms with Gasteiger partial charge >= 0.3 is 0 Å². The molecule has 1 aromatic heterocycles. The fraction of sp³-hybridized carbons (Fsp3) is 0.667. The number of aromatic nitrogens is 1. The number of nitrogens with one attached hydrogen (secondary N) is 2. The van der Waals surface area contributed by atoms with Crippen LogP contribution < -0.4 is 10.6 Å². The Balaban J connectivity index is 0.00000110. The Morgan fingerprint density at radius 1 is 1.10 bits per heavy atom. The SMILES string of the molecule is Cl.Cl.c1cc(C2CNCCN2CC2CCCNC2)ccn1. The van der Waals surface area contributed by atoms with Gasteiger partial charge in [0, 0.05) is 44.6 Å². The molecule has 0 spiro atoms. The van der Waals surface area contributed by atoms with Crippen molar-refractivity contribution in [1.29, 1.82) is 0 Å². The van der Waals surface area contributed by atoms with Gasteiger partial charge in [-0.15, -0.1) is 24.8 Å². The highest BCUT2D eigenvalue weighted by Gasteiger charge is 2.26. The van der Waals surface area contributed by atoms with Gasteiger partial charge in [0.05, 0.1) is 0 Å². The normalized spacial score (nSPS) is 26.5. The molecule has 6 heteroatoms. The molecular formula is C15H26Cl2N4. The van der Waals surface area contributed by atoms with E-state index in [1.807, 2.05) is 12.4 Å². The van der Waals surface area contributed by atoms with Crippen LogP contribution in [0.3, 0.4) is 0 Å². The molecule has 0 bridgehead atoms. The van der Waals surface area contributed by atoms with Crippen molar-refractivity contribution in [2.45, 2.75) is 18.9 Å². The molecule has 2 aliphatic rings. The second kappa shape index (κ2) is 9.59. The van der Waals surface area contributed by atoms with Crippen LogP contribution in [0.4, 0.5) is 0 Å². The highest BCUT2D eigenvalue weighted by Crippen LogP contribution is 2.24. The average Bonchev–Trinajstić information content (AvgIpc) is 2.50. The van der Waals surface area contributed by atoms with E-state index < -0.39 is 0 Å². The molecule has 0 aromatic carbocycles. The van der Waals surface area contributed by atoms with Gasteiger partial charge in [-0.05, 0) is 49.5 Å². The topological polar surface area (TPSA) is 40.2 Å². The predicted octanol–water partition coefficient (Wildman–Crippen LogP) is 1.87. The molecule has 2 aliphatic heterocycles. The van der Waals surface area contributed by atoms with E-state index in [1.165, 1.54) is 38.0 Å². The molecule has 0 saturated carbocycles. The zero-order valence-electron chi connectivity index (χ0n) is 12.3. The lowest BCUT2D eigenvalue weighted by atomic mass is 9.96. The Morgan fingerprint density at radius 2 is 1.86 bits per heavy atom. The number of hydrogen-bond acceptors (Lipinski definition) is 4. The van der Waals surface area contributed by atoms with Crippen molar-refractivity contribution in [3.05, 3.63) is 30.1 Å². The maximum absolute atomic E-state index is 4.13. The van der Waals surface area contributed by atoms with Crippen molar-refractivity contribution >= 4 is 24.8 Å². The van der Waals surface area contributed by atoms with E-state index in [1.54, 1.807) is 0 Å². The number of nitrogens with zero attached hydrogens (tertiary/aromatic N) is 2. The maximum Gasteiger partial charge on any atom is 0.0474 e. The molecule has 4 nitrogen and oxygen atoms in total. The van der Waals surface area contributed by atoms with Crippen LogP contribution in [0.1, 0.15) is 24.4 Å². The second-order valence-corrected chi connectivity index (χ2v) is 5.71. The predicted molar refractivity (Wildman–Crippen MR) is 91.5 cm³/mol. The number of hydrogen-bond donors (Lipinski definition) is 2. The van der Waals surface area contributed by atoms with Crippen LogP contribution >= 0.6 is 24.8 Å². The summed E-state index contributed by atoms with van der Waals surface area (Å²) in [5, 5.41) is 7.05. The van der Waals surface area contributed by atoms with Gasteiger partial charge in [-0.3, -0.25) is 9.88 Å². The standard InChI is InChI=1S/C15H24N4.2ClH/c1-2-13(10-17-5-1)12-19-9-8-18-11-15(19)14-3-6-16-7-4-14;;/h3-4,6-7,13,15,17-18H,1-2,5,8-12H2;2*1H. The highest BCUT2D eigenvalue weighted by molar-refractivity contribution is 5.85. The van der Waals surface area contributed by atoms with E-state index in [2.05, 4.69) is 32.7 Å². The van der Waals surface area contributed by atoms with Gasteiger partial charge in [0.25, 0.3) is 0 Å². The van der Waals surface area contributed by atoms with E-state index >= 15 is 0 Å². The van der Waals surface area contributed by atoms with Gasteiger partial charge < -0.3 is 10.6 Å². The van der Waals surface area contributed by atoms with E-state index in [4.69, 9.17) is 0 Å². The Morgan fingerprint density at radius 3 is 2.57 bits per heavy atom. The first-order valence-electron chi connectivity index (χ1n) is 7.49. The summed E-state index contributed by atoms with van der Waals surface area (Å²) in [6.45, 7) is 6.94. The maximum atomic E-state index is 4.13. The number of piperazine rings is 1. The number of halogens is 2. The number of piperidine rings is 1. The third-order valence-electron chi connectivity index (χ3n) is 4.34. The van der Waals surface area contributed by atoms with Crippen molar-refractivity contribution in [2.24, 2.45) is 5.92 Å². The lowest BCUT2D eigenvalue weighted by Gasteiger charge is -2.39. The summed E-state index contributed by atoms with van der Waals surface area (Å²) in [5.74, 6) is 0.816. The molecule has 0 radical (unpaired) electrons. The minimum Gasteiger partial charge on any atom is -0.316 e. The zero-order chi connectivity index (χ0) is 12.9. The molecule has 1 aromatic rings. The molecule has 2 fully saturated rings. The van der Waals surface area contributed by atoms with E-state index in [-0.39, 0.29) is 24.8 Å². The molecular weight excluding hydrogens is 307 g/mol. The third kappa shape index (κ3) is 5.08. The van der Waals surface area contributed by atoms with Crippen LogP contribution in [0.25, 0.3) is 0 Å². The molecule has 120 valence electrons. The zero-order valence-corrected chi connectivity index (χ0v) is 14.0. The van der Waals surface area contributed by atoms with Crippen molar-refractivity contribution in [3.63, 3.8) is 0 Å². The van der Waals surface area contributed by atoms with Gasteiger partial charge in [0.1, 0.15) is 0 Å². The van der Waals surface area contributed by atoms with Gasteiger partial charge in [-0.2, -0.15) is 0 Å². The molecule has 3 heterocycles. The van der Waals surface area contributed by atoms with Crippen LogP contribution in [-0.2, 0) is 0 Å². The summed E-state index contributed by atoms with van der Waals surface area (Å²) in [4.78, 5) is 6.79. The van der Waals surface area contributed by atoms with Crippen LogP contribution in [0.5, 0.6) is 0 Å². The Hall–Kier alpha value is -0.390. The van der Waals surface area contributed by atoms with Crippen molar-refractivity contribution in [2.75, 3.05) is 39.3 Å². The molecule has 0 aliphatic carbocycles. The molecule has 2 saturated heterocycles. The average molecular weight is 333 g/mol. The van der Waals surface area contributed by atoms with E-state index in [0.29, 0.717) is 6.04 Å². The summed E-state index contributed by atoms with van der Waals surface area (Å²) < 4.78 is 0. The van der Waals surface area contributed by atoms with Crippen molar-refractivity contribution in [1.82, 2.24) is 20.5 Å². The fourth-order valence-corrected chi connectivity index (χ4v) is 3.29. The monoisotopic (exact) mass is 332 g/mol. The first-order valence-corrected chi connectivity index (χ1v) is 7.49. The third-order valence-corrected chi connectivity index (χ3v) is 4.34. The molecule has 21 heavy (non-hydrogen) atoms. The highest BCUT2D eigenvalue weighted by atomic mass is 35.5. The molecule has 2 N–H and O–H groups in total. The van der Waals surface area contributed by atoms with Crippen LogP contribution in [0.15, 0.2) is 24.5 Å². The molecule has 2 atom stereocenters. The number of pyridine rings is 1. The van der Waals surface area contributed by atoms with Crippen molar-refractivity contribution in [3.8, 4) is 0 Å². The first-order chi connectivity index (χ1) is 9.43. The smallest absolute Gasteiger partial charge is 0.0474 e. The molecule has 0 amide bonds. The lowest BCUT2D eigenvalue weighted by molar-refractivity contribution is 0.127. The summed E-state index contributed by atoms with van der Waals surface area (Å²) in [6, 6.07) is 4.83.